The molecule has 0 saturated carbocycles. The van der Waals surface area contributed by atoms with Gasteiger partial charge in [-0.3, -0.25) is 0 Å². The van der Waals surface area contributed by atoms with E-state index in [4.69, 9.17) is 4.74 Å². The van der Waals surface area contributed by atoms with Crippen LogP contribution >= 0.6 is 11.3 Å². The number of rotatable bonds is 2. The molecule has 0 N–H and O–H groups in total. The lowest BCUT2D eigenvalue weighted by Crippen LogP contribution is -2.00. The summed E-state index contributed by atoms with van der Waals surface area (Å²) in [7, 11) is 1.41. The van der Waals surface area contributed by atoms with Crippen molar-refractivity contribution >= 4 is 17.3 Å². The smallest absolute Gasteiger partial charge is 0.348 e. The van der Waals surface area contributed by atoms with Gasteiger partial charge in [0.1, 0.15) is 4.88 Å². The molecule has 3 heteroatoms. The van der Waals surface area contributed by atoms with Gasteiger partial charge in [-0.2, -0.15) is 0 Å². The van der Waals surface area contributed by atoms with E-state index in [2.05, 4.69) is 0 Å². The van der Waals surface area contributed by atoms with E-state index in [0.717, 1.165) is 16.7 Å². The summed E-state index contributed by atoms with van der Waals surface area (Å²) in [6.07, 6.45) is 0. The maximum atomic E-state index is 11.6. The lowest BCUT2D eigenvalue weighted by Gasteiger charge is -2.04. The number of benzene rings is 1. The molecule has 0 aliphatic rings. The van der Waals surface area contributed by atoms with Crippen molar-refractivity contribution < 1.29 is 9.53 Å². The van der Waals surface area contributed by atoms with Crippen LogP contribution in [-0.4, -0.2) is 13.1 Å². The predicted octanol–water partition coefficient (Wildman–Crippen LogP) is 3.51. The maximum Gasteiger partial charge on any atom is 0.348 e. The van der Waals surface area contributed by atoms with Crippen LogP contribution in [0, 0.1) is 6.92 Å². The Morgan fingerprint density at radius 1 is 1.25 bits per heavy atom. The molecule has 0 saturated heterocycles. The Morgan fingerprint density at radius 2 is 1.94 bits per heavy atom. The van der Waals surface area contributed by atoms with Gasteiger partial charge in [0.05, 0.1) is 7.11 Å². The number of ether oxygens (including phenoxy) is 1. The van der Waals surface area contributed by atoms with Crippen LogP contribution in [0.15, 0.2) is 35.7 Å². The fourth-order valence-corrected chi connectivity index (χ4v) is 2.64. The fourth-order valence-electron chi connectivity index (χ4n) is 1.65. The third-order valence-electron chi connectivity index (χ3n) is 2.41. The maximum absolute atomic E-state index is 11.6. The SMILES string of the molecule is COC(=O)c1scc(C)c1-c1ccccc1. The first kappa shape index (κ1) is 10.9. The summed E-state index contributed by atoms with van der Waals surface area (Å²) in [6, 6.07) is 9.90. The number of esters is 1. The van der Waals surface area contributed by atoms with Crippen molar-refractivity contribution in [3.63, 3.8) is 0 Å². The summed E-state index contributed by atoms with van der Waals surface area (Å²) in [5.41, 5.74) is 3.15. The molecule has 2 rings (SSSR count). The highest BCUT2D eigenvalue weighted by atomic mass is 32.1. The molecule has 0 bridgehead atoms. The number of carbonyl (C=O) groups excluding carboxylic acids is 1. The largest absolute Gasteiger partial charge is 0.465 e. The molecule has 1 heterocycles. The van der Waals surface area contributed by atoms with Crippen LogP contribution in [0.5, 0.6) is 0 Å². The van der Waals surface area contributed by atoms with Crippen molar-refractivity contribution in [2.45, 2.75) is 6.92 Å². The van der Waals surface area contributed by atoms with Crippen molar-refractivity contribution in [1.82, 2.24) is 0 Å². The van der Waals surface area contributed by atoms with Gasteiger partial charge in [0.15, 0.2) is 0 Å². The van der Waals surface area contributed by atoms with Gasteiger partial charge in [-0.1, -0.05) is 30.3 Å². The molecule has 0 atom stereocenters. The van der Waals surface area contributed by atoms with Crippen molar-refractivity contribution in [2.24, 2.45) is 0 Å². The zero-order chi connectivity index (χ0) is 11.5. The monoisotopic (exact) mass is 232 g/mol. The molecule has 0 amide bonds. The summed E-state index contributed by atoms with van der Waals surface area (Å²) in [6.45, 7) is 2.01. The quantitative estimate of drug-likeness (QED) is 0.741. The Labute approximate surface area is 98.5 Å². The first-order valence-electron chi connectivity index (χ1n) is 4.96. The Bertz CT molecular complexity index is 500. The lowest BCUT2D eigenvalue weighted by atomic mass is 10.0. The van der Waals surface area contributed by atoms with Crippen LogP contribution in [0.3, 0.4) is 0 Å². The number of hydrogen-bond acceptors (Lipinski definition) is 3. The van der Waals surface area contributed by atoms with Gasteiger partial charge in [0, 0.05) is 5.56 Å². The second-order valence-corrected chi connectivity index (χ2v) is 4.36. The fraction of sp³-hybridized carbons (Fsp3) is 0.154. The molecule has 82 valence electrons. The minimum atomic E-state index is -0.267. The summed E-state index contributed by atoms with van der Waals surface area (Å²) >= 11 is 1.43. The number of hydrogen-bond donors (Lipinski definition) is 0. The van der Waals surface area contributed by atoms with E-state index in [0.29, 0.717) is 4.88 Å². The van der Waals surface area contributed by atoms with Gasteiger partial charge in [-0.05, 0) is 23.4 Å². The third-order valence-corrected chi connectivity index (χ3v) is 3.49. The van der Waals surface area contributed by atoms with Gasteiger partial charge in [0.25, 0.3) is 0 Å². The second kappa shape index (κ2) is 4.49. The van der Waals surface area contributed by atoms with Gasteiger partial charge < -0.3 is 4.74 Å². The second-order valence-electron chi connectivity index (χ2n) is 3.48. The summed E-state index contributed by atoms with van der Waals surface area (Å²) in [5.74, 6) is -0.267. The molecule has 0 unspecified atom stereocenters. The normalized spacial score (nSPS) is 10.1. The highest BCUT2D eigenvalue weighted by Gasteiger charge is 2.17. The molecule has 0 spiro atoms. The van der Waals surface area contributed by atoms with Gasteiger partial charge in [-0.25, -0.2) is 4.79 Å². The van der Waals surface area contributed by atoms with Crippen molar-refractivity contribution in [3.8, 4) is 11.1 Å². The zero-order valence-electron chi connectivity index (χ0n) is 9.19. The standard InChI is InChI=1S/C13H12O2S/c1-9-8-16-12(13(14)15-2)11(9)10-6-4-3-5-7-10/h3-8H,1-2H3. The van der Waals surface area contributed by atoms with E-state index in [1.54, 1.807) is 0 Å². The molecule has 1 aromatic carbocycles. The average Bonchev–Trinajstić information content (AvgIpc) is 2.71. The van der Waals surface area contributed by atoms with Gasteiger partial charge in [0.2, 0.25) is 0 Å². The molecule has 1 aromatic heterocycles. The van der Waals surface area contributed by atoms with Crippen LogP contribution in [0.1, 0.15) is 15.2 Å². The van der Waals surface area contributed by atoms with Crippen molar-refractivity contribution in [1.29, 1.82) is 0 Å². The lowest BCUT2D eigenvalue weighted by molar-refractivity contribution is 0.0607. The van der Waals surface area contributed by atoms with E-state index >= 15 is 0 Å². The molecular weight excluding hydrogens is 220 g/mol. The van der Waals surface area contributed by atoms with Gasteiger partial charge >= 0.3 is 5.97 Å². The van der Waals surface area contributed by atoms with E-state index in [1.165, 1.54) is 18.4 Å². The van der Waals surface area contributed by atoms with Crippen LogP contribution < -0.4 is 0 Å². The minimum absolute atomic E-state index is 0.267. The first-order chi connectivity index (χ1) is 7.74. The predicted molar refractivity (Wildman–Crippen MR) is 65.8 cm³/mol. The third kappa shape index (κ3) is 1.86. The van der Waals surface area contributed by atoms with Crippen LogP contribution in [0.4, 0.5) is 0 Å². The Morgan fingerprint density at radius 3 is 2.56 bits per heavy atom. The molecule has 0 aliphatic heterocycles. The number of aryl methyl sites for hydroxylation is 1. The van der Waals surface area contributed by atoms with E-state index in [-0.39, 0.29) is 5.97 Å². The number of thiophene rings is 1. The average molecular weight is 232 g/mol. The van der Waals surface area contributed by atoms with Crippen LogP contribution in [0.2, 0.25) is 0 Å². The van der Waals surface area contributed by atoms with Crippen molar-refractivity contribution in [2.75, 3.05) is 7.11 Å². The Kier molecular flexibility index (Phi) is 3.06. The van der Waals surface area contributed by atoms with Crippen LogP contribution in [0.25, 0.3) is 11.1 Å². The highest BCUT2D eigenvalue weighted by molar-refractivity contribution is 7.12. The molecule has 2 aromatic rings. The molecule has 0 fully saturated rings. The van der Waals surface area contributed by atoms with E-state index < -0.39 is 0 Å². The minimum Gasteiger partial charge on any atom is -0.465 e. The van der Waals surface area contributed by atoms with E-state index in [1.807, 2.05) is 42.6 Å². The molecule has 0 radical (unpaired) electrons. The van der Waals surface area contributed by atoms with E-state index in [9.17, 15) is 4.79 Å². The highest BCUT2D eigenvalue weighted by Crippen LogP contribution is 2.32. The summed E-state index contributed by atoms with van der Waals surface area (Å²) in [5, 5.41) is 1.98. The zero-order valence-corrected chi connectivity index (χ0v) is 10.0. The molecule has 16 heavy (non-hydrogen) atoms. The van der Waals surface area contributed by atoms with Gasteiger partial charge in [-0.15, -0.1) is 11.3 Å². The van der Waals surface area contributed by atoms with Crippen molar-refractivity contribution in [3.05, 3.63) is 46.2 Å². The first-order valence-corrected chi connectivity index (χ1v) is 5.84. The summed E-state index contributed by atoms with van der Waals surface area (Å²) < 4.78 is 4.78. The number of methoxy groups -OCH3 is 1. The topological polar surface area (TPSA) is 26.3 Å². The molecular formula is C13H12O2S. The summed E-state index contributed by atoms with van der Waals surface area (Å²) in [4.78, 5) is 12.3. The molecule has 2 nitrogen and oxygen atoms in total. The Hall–Kier alpha value is -1.61. The Balaban J connectivity index is 2.56. The van der Waals surface area contributed by atoms with Crippen LogP contribution in [-0.2, 0) is 4.74 Å². The molecule has 0 aliphatic carbocycles. The number of carbonyl (C=O) groups is 1.